The van der Waals surface area contributed by atoms with Crippen molar-refractivity contribution in [2.24, 2.45) is 0 Å². The maximum atomic E-state index is 13.3. The number of hydrogen-bond acceptors (Lipinski definition) is 3. The van der Waals surface area contributed by atoms with Crippen LogP contribution in [0.5, 0.6) is 0 Å². The Balaban J connectivity index is 1.25. The third-order valence-corrected chi connectivity index (χ3v) is 6.88. The number of carbonyl (C=O) groups is 2. The van der Waals surface area contributed by atoms with Gasteiger partial charge < -0.3 is 15.1 Å². The summed E-state index contributed by atoms with van der Waals surface area (Å²) in [5, 5.41) is 7.12. The van der Waals surface area contributed by atoms with E-state index in [0.717, 1.165) is 49.9 Å². The number of piperidine rings is 1. The molecule has 0 unspecified atom stereocenters. The molecule has 1 aromatic carbocycles. The number of fused-ring (bicyclic) bond motifs is 1. The van der Waals surface area contributed by atoms with Crippen molar-refractivity contribution < 1.29 is 14.0 Å². The second-order valence-electron chi connectivity index (χ2n) is 8.67. The van der Waals surface area contributed by atoms with Gasteiger partial charge in [0.25, 0.3) is 5.91 Å². The molecule has 2 saturated heterocycles. The summed E-state index contributed by atoms with van der Waals surface area (Å²) in [6.45, 7) is 2.83. The highest BCUT2D eigenvalue weighted by atomic mass is 35.5. The van der Waals surface area contributed by atoms with Gasteiger partial charge in [-0.1, -0.05) is 11.6 Å². The van der Waals surface area contributed by atoms with E-state index in [-0.39, 0.29) is 17.0 Å². The smallest absolute Gasteiger partial charge is 0.321 e. The molecule has 0 spiro atoms. The monoisotopic (exact) mass is 469 g/mol. The summed E-state index contributed by atoms with van der Waals surface area (Å²) in [5.74, 6) is -0.174. The van der Waals surface area contributed by atoms with Crippen molar-refractivity contribution in [1.82, 2.24) is 19.4 Å². The summed E-state index contributed by atoms with van der Waals surface area (Å²) in [4.78, 5) is 29.2. The van der Waals surface area contributed by atoms with E-state index < -0.39 is 5.82 Å². The number of halogens is 2. The molecule has 0 radical (unpaired) electrons. The van der Waals surface area contributed by atoms with Crippen LogP contribution in [0.2, 0.25) is 5.02 Å². The summed E-state index contributed by atoms with van der Waals surface area (Å²) < 4.78 is 15.1. The van der Waals surface area contributed by atoms with E-state index >= 15 is 0 Å². The minimum absolute atomic E-state index is 0.0237. The predicted octanol–water partition coefficient (Wildman–Crippen LogP) is 4.77. The fourth-order valence-electron chi connectivity index (χ4n) is 4.70. The second kappa shape index (κ2) is 9.02. The molecule has 5 rings (SSSR count). The van der Waals surface area contributed by atoms with Crippen LogP contribution >= 0.6 is 11.6 Å². The average Bonchev–Trinajstić information content (AvgIpc) is 3.51. The molecule has 2 aliphatic heterocycles. The van der Waals surface area contributed by atoms with Gasteiger partial charge in [0, 0.05) is 38.1 Å². The number of nitrogens with zero attached hydrogens (tertiary/aromatic N) is 4. The molecule has 0 saturated carbocycles. The van der Waals surface area contributed by atoms with Crippen molar-refractivity contribution in [3.8, 4) is 0 Å². The normalized spacial score (nSPS) is 17.0. The van der Waals surface area contributed by atoms with Gasteiger partial charge in [-0.05, 0) is 67.5 Å². The van der Waals surface area contributed by atoms with Crippen molar-refractivity contribution in [1.29, 1.82) is 0 Å². The van der Waals surface area contributed by atoms with Crippen molar-refractivity contribution in [2.45, 2.75) is 31.6 Å². The lowest BCUT2D eigenvalue weighted by Gasteiger charge is -2.32. The van der Waals surface area contributed by atoms with Gasteiger partial charge in [-0.3, -0.25) is 4.79 Å². The molecule has 0 atom stereocenters. The van der Waals surface area contributed by atoms with Crippen LogP contribution in [-0.4, -0.2) is 57.5 Å². The largest absolute Gasteiger partial charge is 0.339 e. The Hall–Kier alpha value is -3.13. The Morgan fingerprint density at radius 3 is 2.52 bits per heavy atom. The summed E-state index contributed by atoms with van der Waals surface area (Å²) in [5.41, 5.74) is 3.10. The number of pyridine rings is 1. The van der Waals surface area contributed by atoms with Crippen LogP contribution in [0.15, 0.2) is 42.7 Å². The number of likely N-dealkylation sites (tertiary alicyclic amines) is 2. The Labute approximate surface area is 196 Å². The standard InChI is InChI=1S/C24H25ClFN5O2/c25-20-14-18(3-4-21(20)26)28-24(33)30-10-5-16(6-11-30)17-7-12-31-22(13-17)19(15-27-31)23(32)29-8-1-2-9-29/h3-4,7,12-16H,1-2,5-6,8-11H2,(H,28,33). The SMILES string of the molecule is O=C(Nc1ccc(F)c(Cl)c1)N1CCC(c2ccn3ncc(C(=O)N4CCCC4)c3c2)CC1. The molecule has 2 aliphatic rings. The molecule has 3 aromatic rings. The van der Waals surface area contributed by atoms with Crippen LogP contribution in [0.1, 0.15) is 47.5 Å². The van der Waals surface area contributed by atoms with Gasteiger partial charge in [-0.25, -0.2) is 13.7 Å². The Morgan fingerprint density at radius 1 is 1.03 bits per heavy atom. The average molecular weight is 470 g/mol. The lowest BCUT2D eigenvalue weighted by atomic mass is 9.89. The van der Waals surface area contributed by atoms with Crippen molar-refractivity contribution in [3.05, 3.63) is 64.7 Å². The Kier molecular flexibility index (Phi) is 5.93. The van der Waals surface area contributed by atoms with Crippen molar-refractivity contribution in [3.63, 3.8) is 0 Å². The second-order valence-corrected chi connectivity index (χ2v) is 9.07. The van der Waals surface area contributed by atoms with Gasteiger partial charge >= 0.3 is 6.03 Å². The van der Waals surface area contributed by atoms with E-state index in [1.165, 1.54) is 18.2 Å². The molecule has 2 aromatic heterocycles. The molecule has 9 heteroatoms. The predicted molar refractivity (Wildman–Crippen MR) is 124 cm³/mol. The molecule has 172 valence electrons. The number of anilines is 1. The molecule has 7 nitrogen and oxygen atoms in total. The highest BCUT2D eigenvalue weighted by Gasteiger charge is 2.26. The van der Waals surface area contributed by atoms with Crippen LogP contribution < -0.4 is 5.32 Å². The summed E-state index contributed by atoms with van der Waals surface area (Å²) >= 11 is 5.80. The molecule has 0 aliphatic carbocycles. The molecule has 4 heterocycles. The van der Waals surface area contributed by atoms with Gasteiger partial charge in [-0.15, -0.1) is 0 Å². The van der Waals surface area contributed by atoms with E-state index in [4.69, 9.17) is 11.6 Å². The number of aromatic nitrogens is 2. The van der Waals surface area contributed by atoms with Gasteiger partial charge in [0.15, 0.2) is 0 Å². The van der Waals surface area contributed by atoms with E-state index in [9.17, 15) is 14.0 Å². The topological polar surface area (TPSA) is 70.0 Å². The number of nitrogens with one attached hydrogen (secondary N) is 1. The lowest BCUT2D eigenvalue weighted by Crippen LogP contribution is -2.40. The van der Waals surface area contributed by atoms with Crippen LogP contribution in [0.3, 0.4) is 0 Å². The minimum Gasteiger partial charge on any atom is -0.339 e. The number of rotatable bonds is 3. The van der Waals surface area contributed by atoms with Crippen LogP contribution in [-0.2, 0) is 0 Å². The molecular formula is C24H25ClFN5O2. The number of amides is 3. The quantitative estimate of drug-likeness (QED) is 0.600. The maximum absolute atomic E-state index is 13.3. The highest BCUT2D eigenvalue weighted by molar-refractivity contribution is 6.31. The molecule has 3 amide bonds. The molecule has 0 bridgehead atoms. The third kappa shape index (κ3) is 4.39. The summed E-state index contributed by atoms with van der Waals surface area (Å²) in [7, 11) is 0. The van der Waals surface area contributed by atoms with E-state index in [0.29, 0.717) is 30.3 Å². The number of carbonyl (C=O) groups excluding carboxylic acids is 2. The summed E-state index contributed by atoms with van der Waals surface area (Å²) in [6, 6.07) is 8.03. The lowest BCUT2D eigenvalue weighted by molar-refractivity contribution is 0.0794. The minimum atomic E-state index is -0.518. The van der Waals surface area contributed by atoms with Crippen LogP contribution in [0.4, 0.5) is 14.9 Å². The van der Waals surface area contributed by atoms with Crippen LogP contribution in [0, 0.1) is 5.82 Å². The fourth-order valence-corrected chi connectivity index (χ4v) is 4.88. The molecular weight excluding hydrogens is 445 g/mol. The first-order valence-corrected chi connectivity index (χ1v) is 11.6. The van der Waals surface area contributed by atoms with Crippen LogP contribution in [0.25, 0.3) is 5.52 Å². The van der Waals surface area contributed by atoms with Gasteiger partial charge in [0.1, 0.15) is 5.82 Å². The highest BCUT2D eigenvalue weighted by Crippen LogP contribution is 2.30. The molecule has 33 heavy (non-hydrogen) atoms. The number of hydrogen-bond donors (Lipinski definition) is 1. The first-order chi connectivity index (χ1) is 16.0. The fraction of sp³-hybridized carbons (Fsp3) is 0.375. The first-order valence-electron chi connectivity index (χ1n) is 11.3. The molecule has 1 N–H and O–H groups in total. The van der Waals surface area contributed by atoms with Gasteiger partial charge in [-0.2, -0.15) is 5.10 Å². The summed E-state index contributed by atoms with van der Waals surface area (Å²) in [6.07, 6.45) is 7.30. The Morgan fingerprint density at radius 2 is 1.79 bits per heavy atom. The van der Waals surface area contributed by atoms with Crippen molar-refractivity contribution >= 4 is 34.7 Å². The number of urea groups is 1. The van der Waals surface area contributed by atoms with Gasteiger partial charge in [0.2, 0.25) is 0 Å². The maximum Gasteiger partial charge on any atom is 0.321 e. The zero-order valence-electron chi connectivity index (χ0n) is 18.1. The zero-order valence-corrected chi connectivity index (χ0v) is 18.9. The van der Waals surface area contributed by atoms with E-state index in [2.05, 4.69) is 16.5 Å². The Bertz CT molecular complexity index is 1200. The molecule has 2 fully saturated rings. The zero-order chi connectivity index (χ0) is 22.9. The van der Waals surface area contributed by atoms with E-state index in [1.807, 2.05) is 17.2 Å². The van der Waals surface area contributed by atoms with Crippen molar-refractivity contribution in [2.75, 3.05) is 31.5 Å². The van der Waals surface area contributed by atoms with Gasteiger partial charge in [0.05, 0.1) is 22.3 Å². The number of benzene rings is 1. The first kappa shape index (κ1) is 21.7. The third-order valence-electron chi connectivity index (χ3n) is 6.59. The van der Waals surface area contributed by atoms with E-state index in [1.54, 1.807) is 15.6 Å².